The fourth-order valence-electron chi connectivity index (χ4n) is 9.17. The Bertz CT molecular complexity index is 1570. The summed E-state index contributed by atoms with van der Waals surface area (Å²) in [6, 6.07) is 0. The first-order valence-corrected chi connectivity index (χ1v) is 32.8. The van der Waals surface area contributed by atoms with Crippen molar-refractivity contribution in [1.82, 2.24) is 0 Å². The predicted octanol–water partition coefficient (Wildman–Crippen LogP) is 19.9. The van der Waals surface area contributed by atoms with Crippen LogP contribution in [0, 0.1) is 0 Å². The number of carboxylic acid groups (broad SMARTS) is 1. The molecule has 2 unspecified atom stereocenters. The van der Waals surface area contributed by atoms with Gasteiger partial charge in [-0.2, -0.15) is 0 Å². The Morgan fingerprint density at radius 3 is 1.08 bits per heavy atom. The van der Waals surface area contributed by atoms with E-state index in [1.165, 1.54) is 161 Å². The highest BCUT2D eigenvalue weighted by molar-refractivity contribution is 5.71. The van der Waals surface area contributed by atoms with Gasteiger partial charge < -0.3 is 28.5 Å². The Kier molecular flexibility index (Phi) is 57.9. The third kappa shape index (κ3) is 61.9. The fraction of sp³-hybridized carbons (Fsp3) is 0.757. The number of ether oxygens (including phenoxy) is 4. The van der Waals surface area contributed by atoms with Crippen molar-refractivity contribution >= 4 is 17.9 Å². The van der Waals surface area contributed by atoms with Gasteiger partial charge in [0.1, 0.15) is 13.2 Å². The molecule has 79 heavy (non-hydrogen) atoms. The maximum atomic E-state index is 12.9. The van der Waals surface area contributed by atoms with Gasteiger partial charge in [0.05, 0.1) is 34.4 Å². The number of nitrogens with zero attached hydrogens (tertiary/aromatic N) is 1. The molecule has 0 aromatic heterocycles. The Labute approximate surface area is 487 Å². The van der Waals surface area contributed by atoms with Crippen LogP contribution in [0.15, 0.2) is 85.1 Å². The molecule has 456 valence electrons. The number of hydrogen-bond donors (Lipinski definition) is 1. The van der Waals surface area contributed by atoms with Crippen molar-refractivity contribution in [1.29, 1.82) is 0 Å². The highest BCUT2D eigenvalue weighted by Gasteiger charge is 2.25. The summed E-state index contributed by atoms with van der Waals surface area (Å²) >= 11 is 0. The molecule has 0 bridgehead atoms. The van der Waals surface area contributed by atoms with Crippen molar-refractivity contribution in [2.45, 2.75) is 296 Å². The number of likely N-dealkylation sites (N-methyl/N-ethyl adjacent to an activating group) is 1. The summed E-state index contributed by atoms with van der Waals surface area (Å²) in [5, 5.41) is 9.73. The number of allylic oxidation sites excluding steroid dienone is 14. The van der Waals surface area contributed by atoms with Gasteiger partial charge >= 0.3 is 17.9 Å². The molecule has 0 aromatic carbocycles. The number of esters is 2. The zero-order valence-electron chi connectivity index (χ0n) is 52.0. The van der Waals surface area contributed by atoms with Crippen LogP contribution in [0.3, 0.4) is 0 Å². The molecule has 1 N–H and O–H groups in total. The Morgan fingerprint density at radius 2 is 0.722 bits per heavy atom. The van der Waals surface area contributed by atoms with Crippen molar-refractivity contribution in [3.8, 4) is 0 Å². The lowest BCUT2D eigenvalue weighted by atomic mass is 10.0. The van der Waals surface area contributed by atoms with E-state index in [9.17, 15) is 19.5 Å². The minimum atomic E-state index is -1.51. The lowest BCUT2D eigenvalue weighted by molar-refractivity contribution is -0.870. The summed E-state index contributed by atoms with van der Waals surface area (Å²) < 4.78 is 23.0. The van der Waals surface area contributed by atoms with Gasteiger partial charge in [-0.1, -0.05) is 285 Å². The molecule has 0 aliphatic carbocycles. The van der Waals surface area contributed by atoms with Crippen molar-refractivity contribution in [2.75, 3.05) is 47.5 Å². The molecular formula is C70H124NO8+. The molecule has 0 aliphatic rings. The number of carboxylic acids is 1. The van der Waals surface area contributed by atoms with Crippen LogP contribution in [-0.2, 0) is 33.3 Å². The van der Waals surface area contributed by atoms with E-state index in [1.54, 1.807) is 0 Å². The standard InChI is InChI=1S/C70H123NO8/c1-6-8-10-12-14-16-18-20-22-24-26-28-29-30-31-32-33-34-35-36-37-38-39-41-43-45-47-49-51-53-55-57-59-61-68(73)79-66(65-78-70(69(74)75)76-63-62-71(3,4)5)64-77-67(72)60-58-56-54-52-50-48-46-44-42-40-27-25-23-21-19-17-15-13-11-9-7-2/h8,10,14,16,20,22,26,28,30-31,33-34,36-37,66,70H,6-7,9,11-13,15,17-19,21,23-25,27,29,32,35,38-65H2,1-5H3/p+1/b10-8-,16-14-,22-20-,28-26-,31-30-,34-33-,37-36-. The summed E-state index contributed by atoms with van der Waals surface area (Å²) in [4.78, 5) is 37.5. The summed E-state index contributed by atoms with van der Waals surface area (Å²) in [6.07, 6.45) is 78.2. The number of rotatable bonds is 60. The smallest absolute Gasteiger partial charge is 0.361 e. The number of unbranched alkanes of at least 4 members (excludes halogenated alkanes) is 31. The topological polar surface area (TPSA) is 108 Å². The van der Waals surface area contributed by atoms with Gasteiger partial charge in [-0.25, -0.2) is 4.79 Å². The Balaban J connectivity index is 4.16. The summed E-state index contributed by atoms with van der Waals surface area (Å²) in [5.41, 5.74) is 0. The number of hydrogen-bond acceptors (Lipinski definition) is 7. The molecule has 9 nitrogen and oxygen atoms in total. The Hall–Kier alpha value is -3.53. The average Bonchev–Trinajstić information content (AvgIpc) is 3.42. The van der Waals surface area contributed by atoms with Crippen molar-refractivity contribution in [2.24, 2.45) is 0 Å². The summed E-state index contributed by atoms with van der Waals surface area (Å²) in [5.74, 6) is -2.00. The first-order valence-electron chi connectivity index (χ1n) is 32.8. The van der Waals surface area contributed by atoms with Gasteiger partial charge in [-0.05, 0) is 70.6 Å². The van der Waals surface area contributed by atoms with Crippen LogP contribution in [0.5, 0.6) is 0 Å². The number of quaternary nitrogens is 1. The molecule has 0 fully saturated rings. The zero-order valence-corrected chi connectivity index (χ0v) is 52.0. The molecular weight excluding hydrogens is 983 g/mol. The van der Waals surface area contributed by atoms with Crippen LogP contribution in [0.1, 0.15) is 284 Å². The number of carbonyl (C=O) groups excluding carboxylic acids is 2. The molecule has 0 aliphatic heterocycles. The first-order chi connectivity index (χ1) is 38.6. The van der Waals surface area contributed by atoms with E-state index in [2.05, 4.69) is 98.9 Å². The minimum absolute atomic E-state index is 0.183. The molecule has 2 atom stereocenters. The maximum Gasteiger partial charge on any atom is 0.361 e. The van der Waals surface area contributed by atoms with Crippen LogP contribution in [0.2, 0.25) is 0 Å². The van der Waals surface area contributed by atoms with Gasteiger partial charge in [0, 0.05) is 12.8 Å². The highest BCUT2D eigenvalue weighted by Crippen LogP contribution is 2.17. The van der Waals surface area contributed by atoms with Crippen molar-refractivity contribution in [3.63, 3.8) is 0 Å². The monoisotopic (exact) mass is 1110 g/mol. The summed E-state index contributed by atoms with van der Waals surface area (Å²) in [7, 11) is 5.98. The summed E-state index contributed by atoms with van der Waals surface area (Å²) in [6.45, 7) is 4.79. The van der Waals surface area contributed by atoms with Gasteiger partial charge in [0.2, 0.25) is 0 Å². The SMILES string of the molecule is CC/C=C\C/C=C\C/C=C\C/C=C\C/C=C\C/C=C\C/C=C\CCCCCCCCCCCCCC(=O)OC(COC(=O)CCCCCCCCCCCCCCCCCCCCCCC)COC(OCC[N+](C)(C)C)C(=O)O. The van der Waals surface area contributed by atoms with Crippen LogP contribution in [-0.4, -0.2) is 87.4 Å². The molecule has 0 saturated carbocycles. The van der Waals surface area contributed by atoms with Crippen LogP contribution < -0.4 is 0 Å². The third-order valence-electron chi connectivity index (χ3n) is 14.2. The van der Waals surface area contributed by atoms with Crippen molar-refractivity contribution < 1.29 is 42.9 Å². The molecule has 9 heteroatoms. The van der Waals surface area contributed by atoms with Crippen LogP contribution in [0.4, 0.5) is 0 Å². The first kappa shape index (κ1) is 75.5. The maximum absolute atomic E-state index is 12.9. The van der Waals surface area contributed by atoms with Gasteiger partial charge in [0.15, 0.2) is 6.10 Å². The molecule has 0 spiro atoms. The molecule has 0 saturated heterocycles. The average molecular weight is 1110 g/mol. The molecule has 0 amide bonds. The van der Waals surface area contributed by atoms with Gasteiger partial charge in [-0.3, -0.25) is 9.59 Å². The minimum Gasteiger partial charge on any atom is -0.477 e. The number of carbonyl (C=O) groups is 3. The van der Waals surface area contributed by atoms with E-state index in [0.717, 1.165) is 89.9 Å². The zero-order chi connectivity index (χ0) is 57.6. The largest absolute Gasteiger partial charge is 0.477 e. The second-order valence-electron chi connectivity index (χ2n) is 23.1. The van der Waals surface area contributed by atoms with E-state index in [-0.39, 0.29) is 32.2 Å². The van der Waals surface area contributed by atoms with E-state index < -0.39 is 24.3 Å². The predicted molar refractivity (Wildman–Crippen MR) is 336 cm³/mol. The van der Waals surface area contributed by atoms with Crippen LogP contribution >= 0.6 is 0 Å². The second kappa shape index (κ2) is 60.6. The third-order valence-corrected chi connectivity index (χ3v) is 14.2. The quantitative estimate of drug-likeness (QED) is 0.0211. The highest BCUT2D eigenvalue weighted by atomic mass is 16.7. The molecule has 0 heterocycles. The van der Waals surface area contributed by atoms with Gasteiger partial charge in [-0.15, -0.1) is 0 Å². The van der Waals surface area contributed by atoms with E-state index in [4.69, 9.17) is 18.9 Å². The molecule has 0 rings (SSSR count). The van der Waals surface area contributed by atoms with Crippen LogP contribution in [0.25, 0.3) is 0 Å². The lowest BCUT2D eigenvalue weighted by Crippen LogP contribution is -2.40. The van der Waals surface area contributed by atoms with E-state index in [1.807, 2.05) is 21.1 Å². The molecule has 0 radical (unpaired) electrons. The van der Waals surface area contributed by atoms with Gasteiger partial charge in [0.25, 0.3) is 6.29 Å². The fourth-order valence-corrected chi connectivity index (χ4v) is 9.17. The number of aliphatic carboxylic acids is 1. The Morgan fingerprint density at radius 1 is 0.392 bits per heavy atom. The lowest BCUT2D eigenvalue weighted by Gasteiger charge is -2.25. The normalized spacial score (nSPS) is 13.3. The second-order valence-corrected chi connectivity index (χ2v) is 23.1. The van der Waals surface area contributed by atoms with E-state index in [0.29, 0.717) is 23.9 Å². The van der Waals surface area contributed by atoms with E-state index >= 15 is 0 Å². The molecule has 0 aromatic rings. The van der Waals surface area contributed by atoms with Crippen molar-refractivity contribution in [3.05, 3.63) is 85.1 Å².